The van der Waals surface area contributed by atoms with Crippen molar-refractivity contribution in [3.05, 3.63) is 23.3 Å². The van der Waals surface area contributed by atoms with Crippen LogP contribution >= 0.6 is 0 Å². The molecule has 0 aliphatic carbocycles. The highest BCUT2D eigenvalue weighted by molar-refractivity contribution is 7.89. The molecule has 1 aromatic rings. The fourth-order valence-corrected chi connectivity index (χ4v) is 2.44. The van der Waals surface area contributed by atoms with E-state index < -0.39 is 56.8 Å². The first-order chi connectivity index (χ1) is 10.8. The molecule has 0 unspecified atom stereocenters. The van der Waals surface area contributed by atoms with Crippen LogP contribution < -0.4 is 0 Å². The van der Waals surface area contributed by atoms with Crippen LogP contribution in [0, 0.1) is 5.41 Å². The molecule has 0 fully saturated rings. The molecule has 0 aliphatic rings. The number of hydrogen-bond acceptors (Lipinski definition) is 8. The third-order valence-corrected chi connectivity index (χ3v) is 3.64. The maximum absolute atomic E-state index is 11.9. The summed E-state index contributed by atoms with van der Waals surface area (Å²) in [6.07, 6.45) is 0.945. The first-order valence-electron chi connectivity index (χ1n) is 6.88. The molecule has 0 saturated carbocycles. The van der Waals surface area contributed by atoms with E-state index in [0.717, 1.165) is 18.4 Å². The minimum atomic E-state index is -3.50. The molecule has 1 rings (SSSR count). The first kappa shape index (κ1) is 19.8. The van der Waals surface area contributed by atoms with Crippen molar-refractivity contribution < 1.29 is 37.7 Å². The summed E-state index contributed by atoms with van der Waals surface area (Å²) < 4.78 is 32.1. The monoisotopic (exact) mass is 360 g/mol. The predicted octanol–water partition coefficient (Wildman–Crippen LogP) is 1.35. The van der Waals surface area contributed by atoms with Gasteiger partial charge in [-0.25, -0.2) is 13.2 Å². The van der Waals surface area contributed by atoms with Gasteiger partial charge in [-0.3, -0.25) is 4.79 Å². The third kappa shape index (κ3) is 5.73. The fourth-order valence-electron chi connectivity index (χ4n) is 1.66. The van der Waals surface area contributed by atoms with Gasteiger partial charge in [0.2, 0.25) is 6.79 Å². The normalized spacial score (nSPS) is 11.8. The van der Waals surface area contributed by atoms with E-state index in [2.05, 4.69) is 0 Å². The molecule has 0 aliphatic heterocycles. The summed E-state index contributed by atoms with van der Waals surface area (Å²) >= 11 is 0. The van der Waals surface area contributed by atoms with Gasteiger partial charge in [-0.2, -0.15) is 0 Å². The molecule has 0 bridgehead atoms. The minimum absolute atomic E-state index is 0.142. The lowest BCUT2D eigenvalue weighted by Crippen LogP contribution is -2.24. The highest BCUT2D eigenvalue weighted by Crippen LogP contribution is 2.30. The van der Waals surface area contributed by atoms with Crippen LogP contribution in [0.25, 0.3) is 0 Å². The Balaban J connectivity index is 2.90. The van der Waals surface area contributed by atoms with E-state index in [1.807, 2.05) is 0 Å². The van der Waals surface area contributed by atoms with Crippen LogP contribution in [0.3, 0.4) is 0 Å². The topological polar surface area (TPSA) is 127 Å². The SMILES string of the molecule is CC(C)(C)C(=O)OCOC(=O)c1cc(O)cc(CS(C)(=O)=O)c1O. The maximum atomic E-state index is 11.9. The van der Waals surface area contributed by atoms with Crippen molar-refractivity contribution >= 4 is 21.8 Å². The lowest BCUT2D eigenvalue weighted by molar-refractivity contribution is -0.161. The molecular weight excluding hydrogens is 340 g/mol. The van der Waals surface area contributed by atoms with Crippen LogP contribution in [-0.4, -0.2) is 43.6 Å². The molecule has 0 atom stereocenters. The van der Waals surface area contributed by atoms with E-state index in [0.29, 0.717) is 0 Å². The molecule has 24 heavy (non-hydrogen) atoms. The Morgan fingerprint density at radius 2 is 1.71 bits per heavy atom. The summed E-state index contributed by atoms with van der Waals surface area (Å²) in [5.74, 6) is -3.25. The molecular formula is C15H20O8S. The Morgan fingerprint density at radius 1 is 1.12 bits per heavy atom. The summed E-state index contributed by atoms with van der Waals surface area (Å²) in [6.45, 7) is 4.19. The van der Waals surface area contributed by atoms with Crippen molar-refractivity contribution in [3.8, 4) is 11.5 Å². The fraction of sp³-hybridized carbons (Fsp3) is 0.467. The van der Waals surface area contributed by atoms with Gasteiger partial charge in [-0.05, 0) is 32.9 Å². The van der Waals surface area contributed by atoms with Gasteiger partial charge in [-0.15, -0.1) is 0 Å². The second kappa shape index (κ2) is 7.08. The number of aromatic hydroxyl groups is 2. The smallest absolute Gasteiger partial charge is 0.344 e. The van der Waals surface area contributed by atoms with Crippen molar-refractivity contribution in [2.45, 2.75) is 26.5 Å². The summed E-state index contributed by atoms with van der Waals surface area (Å²) in [6, 6.07) is 1.96. The molecule has 134 valence electrons. The Hall–Kier alpha value is -2.29. The minimum Gasteiger partial charge on any atom is -0.508 e. The maximum Gasteiger partial charge on any atom is 0.344 e. The van der Waals surface area contributed by atoms with E-state index in [-0.39, 0.29) is 5.56 Å². The van der Waals surface area contributed by atoms with Gasteiger partial charge in [0.15, 0.2) is 9.84 Å². The van der Waals surface area contributed by atoms with Crippen LogP contribution in [-0.2, 0) is 29.9 Å². The van der Waals surface area contributed by atoms with Crippen molar-refractivity contribution in [1.29, 1.82) is 0 Å². The Bertz CT molecular complexity index is 743. The average molecular weight is 360 g/mol. The molecule has 0 aromatic heterocycles. The molecule has 2 N–H and O–H groups in total. The van der Waals surface area contributed by atoms with Gasteiger partial charge in [-0.1, -0.05) is 0 Å². The number of sulfone groups is 1. The van der Waals surface area contributed by atoms with E-state index >= 15 is 0 Å². The highest BCUT2D eigenvalue weighted by Gasteiger charge is 2.24. The second-order valence-corrected chi connectivity index (χ2v) is 8.44. The zero-order chi connectivity index (χ0) is 18.7. The largest absolute Gasteiger partial charge is 0.508 e. The van der Waals surface area contributed by atoms with Gasteiger partial charge in [0.1, 0.15) is 17.1 Å². The molecule has 0 amide bonds. The lowest BCUT2D eigenvalue weighted by Gasteiger charge is -2.16. The Morgan fingerprint density at radius 3 is 2.21 bits per heavy atom. The average Bonchev–Trinajstić information content (AvgIpc) is 2.39. The highest BCUT2D eigenvalue weighted by atomic mass is 32.2. The number of benzene rings is 1. The number of rotatable bonds is 5. The molecule has 0 spiro atoms. The summed E-state index contributed by atoms with van der Waals surface area (Å²) in [7, 11) is -3.50. The van der Waals surface area contributed by atoms with E-state index in [4.69, 9.17) is 9.47 Å². The lowest BCUT2D eigenvalue weighted by atomic mass is 9.98. The summed E-state index contributed by atoms with van der Waals surface area (Å²) in [5, 5.41) is 19.6. The Labute approximate surface area is 139 Å². The molecule has 0 radical (unpaired) electrons. The molecule has 0 saturated heterocycles. The number of carbonyl (C=O) groups excluding carboxylic acids is 2. The van der Waals surface area contributed by atoms with Crippen molar-refractivity contribution in [3.63, 3.8) is 0 Å². The molecule has 1 aromatic carbocycles. The van der Waals surface area contributed by atoms with Crippen molar-refractivity contribution in [1.82, 2.24) is 0 Å². The zero-order valence-electron chi connectivity index (χ0n) is 13.8. The summed E-state index contributed by atoms with van der Waals surface area (Å²) in [4.78, 5) is 23.5. The number of carbonyl (C=O) groups is 2. The van der Waals surface area contributed by atoms with Crippen LogP contribution in [0.2, 0.25) is 0 Å². The van der Waals surface area contributed by atoms with Gasteiger partial charge < -0.3 is 19.7 Å². The molecule has 9 heteroatoms. The second-order valence-electron chi connectivity index (χ2n) is 6.30. The Kier molecular flexibility index (Phi) is 5.83. The van der Waals surface area contributed by atoms with Crippen molar-refractivity contribution in [2.24, 2.45) is 5.41 Å². The van der Waals surface area contributed by atoms with Crippen molar-refractivity contribution in [2.75, 3.05) is 13.0 Å². The van der Waals surface area contributed by atoms with E-state index in [9.17, 15) is 28.2 Å². The van der Waals surface area contributed by atoms with Crippen LogP contribution in [0.4, 0.5) is 0 Å². The predicted molar refractivity (Wildman–Crippen MR) is 84.1 cm³/mol. The van der Waals surface area contributed by atoms with Crippen LogP contribution in [0.15, 0.2) is 12.1 Å². The standard InChI is InChI=1S/C15H20O8S/c1-15(2,3)14(19)23-8-22-13(18)11-6-10(16)5-9(12(11)17)7-24(4,20)21/h5-6,16-17H,7-8H2,1-4H3. The quantitative estimate of drug-likeness (QED) is 0.457. The first-order valence-corrected chi connectivity index (χ1v) is 8.94. The third-order valence-electron chi connectivity index (χ3n) is 2.80. The zero-order valence-corrected chi connectivity index (χ0v) is 14.6. The number of phenols is 2. The number of phenolic OH excluding ortho intramolecular Hbond substituents is 2. The van der Waals surface area contributed by atoms with Crippen LogP contribution in [0.1, 0.15) is 36.7 Å². The van der Waals surface area contributed by atoms with Gasteiger partial charge in [0.25, 0.3) is 0 Å². The van der Waals surface area contributed by atoms with Gasteiger partial charge in [0.05, 0.1) is 11.2 Å². The van der Waals surface area contributed by atoms with E-state index in [1.165, 1.54) is 0 Å². The number of esters is 2. The van der Waals surface area contributed by atoms with E-state index in [1.54, 1.807) is 20.8 Å². The van der Waals surface area contributed by atoms with Gasteiger partial charge >= 0.3 is 11.9 Å². The number of ether oxygens (including phenoxy) is 2. The van der Waals surface area contributed by atoms with Gasteiger partial charge in [0, 0.05) is 11.8 Å². The number of hydrogen-bond donors (Lipinski definition) is 2. The molecule has 8 nitrogen and oxygen atoms in total. The van der Waals surface area contributed by atoms with Crippen LogP contribution in [0.5, 0.6) is 11.5 Å². The summed E-state index contributed by atoms with van der Waals surface area (Å²) in [5.41, 5.74) is -1.35. The molecule has 0 heterocycles.